The smallest absolute Gasteiger partial charge is 0.104 e. The van der Waals surface area contributed by atoms with Crippen molar-refractivity contribution in [2.75, 3.05) is 13.2 Å². The lowest BCUT2D eigenvalue weighted by Crippen LogP contribution is -2.01. The second kappa shape index (κ2) is 5.69. The second-order valence-corrected chi connectivity index (χ2v) is 3.42. The molecule has 1 aliphatic heterocycles. The molecule has 0 radical (unpaired) electrons. The van der Waals surface area contributed by atoms with Crippen LogP contribution in [0.3, 0.4) is 0 Å². The minimum atomic E-state index is 0. The van der Waals surface area contributed by atoms with Crippen LogP contribution >= 0.6 is 0 Å². The van der Waals surface area contributed by atoms with Crippen molar-refractivity contribution in [1.29, 1.82) is 0 Å². The van der Waals surface area contributed by atoms with E-state index in [1.165, 1.54) is 5.56 Å². The summed E-state index contributed by atoms with van der Waals surface area (Å²) in [6.07, 6.45) is 2.19. The molecular formula is C13H18O2. The van der Waals surface area contributed by atoms with Crippen molar-refractivity contribution in [2.45, 2.75) is 20.1 Å². The molecule has 2 nitrogen and oxygen atoms in total. The monoisotopic (exact) mass is 206 g/mol. The number of hydrogen-bond donors (Lipinski definition) is 0. The molecule has 1 saturated heterocycles. The van der Waals surface area contributed by atoms with E-state index >= 15 is 0 Å². The van der Waals surface area contributed by atoms with Crippen LogP contribution in [0.25, 0.3) is 6.08 Å². The summed E-state index contributed by atoms with van der Waals surface area (Å²) in [5.74, 6) is 0. The van der Waals surface area contributed by atoms with Crippen molar-refractivity contribution in [2.24, 2.45) is 0 Å². The van der Waals surface area contributed by atoms with Crippen LogP contribution in [0, 0.1) is 0 Å². The van der Waals surface area contributed by atoms with Gasteiger partial charge in [0.25, 0.3) is 0 Å². The summed E-state index contributed by atoms with van der Waals surface area (Å²) < 4.78 is 10.5. The van der Waals surface area contributed by atoms with Crippen molar-refractivity contribution >= 4 is 6.08 Å². The van der Waals surface area contributed by atoms with Crippen LogP contribution in [0.2, 0.25) is 0 Å². The third-order valence-corrected chi connectivity index (χ3v) is 2.19. The summed E-state index contributed by atoms with van der Waals surface area (Å²) in [7, 11) is 0. The predicted molar refractivity (Wildman–Crippen MR) is 62.7 cm³/mol. The fraction of sp³-hybridized carbons (Fsp3) is 0.385. The Labute approximate surface area is 91.5 Å². The van der Waals surface area contributed by atoms with E-state index in [2.05, 4.69) is 18.7 Å². The van der Waals surface area contributed by atoms with E-state index < -0.39 is 0 Å². The topological polar surface area (TPSA) is 21.8 Å². The molecule has 2 heteroatoms. The van der Waals surface area contributed by atoms with E-state index in [1.807, 2.05) is 18.2 Å². The summed E-state index contributed by atoms with van der Waals surface area (Å²) in [6.45, 7) is 5.94. The largest absolute Gasteiger partial charge is 0.374 e. The van der Waals surface area contributed by atoms with Gasteiger partial charge in [0.15, 0.2) is 0 Å². The summed E-state index contributed by atoms with van der Waals surface area (Å²) in [5.41, 5.74) is 2.33. The van der Waals surface area contributed by atoms with Crippen LogP contribution in [0.5, 0.6) is 0 Å². The van der Waals surface area contributed by atoms with E-state index in [-0.39, 0.29) is 7.43 Å². The molecule has 2 rings (SSSR count). The van der Waals surface area contributed by atoms with Crippen LogP contribution in [0.15, 0.2) is 30.8 Å². The number of epoxide rings is 1. The molecule has 1 aromatic rings. The van der Waals surface area contributed by atoms with Gasteiger partial charge in [-0.1, -0.05) is 44.3 Å². The summed E-state index contributed by atoms with van der Waals surface area (Å²) >= 11 is 0. The number of benzene rings is 1. The quantitative estimate of drug-likeness (QED) is 0.691. The van der Waals surface area contributed by atoms with Crippen LogP contribution in [0.1, 0.15) is 18.6 Å². The fourth-order valence-corrected chi connectivity index (χ4v) is 1.22. The highest BCUT2D eigenvalue weighted by molar-refractivity contribution is 5.47. The Morgan fingerprint density at radius 3 is 2.60 bits per heavy atom. The van der Waals surface area contributed by atoms with E-state index in [9.17, 15) is 0 Å². The van der Waals surface area contributed by atoms with Crippen molar-refractivity contribution in [3.05, 3.63) is 42.0 Å². The third kappa shape index (κ3) is 3.86. The Hall–Kier alpha value is -1.12. The molecule has 1 atom stereocenters. The van der Waals surface area contributed by atoms with Crippen molar-refractivity contribution in [3.8, 4) is 0 Å². The van der Waals surface area contributed by atoms with Crippen LogP contribution in [-0.4, -0.2) is 19.3 Å². The summed E-state index contributed by atoms with van der Waals surface area (Å²) in [4.78, 5) is 0. The van der Waals surface area contributed by atoms with Gasteiger partial charge < -0.3 is 9.47 Å². The summed E-state index contributed by atoms with van der Waals surface area (Å²) in [5, 5.41) is 0. The standard InChI is InChI=1S/C12H14O2.CH4/c1-2-10-3-5-11(6-4-10)7-13-8-12-9-14-12;/h2-6,12H,1,7-9H2;1H4. The van der Waals surface area contributed by atoms with E-state index in [1.54, 1.807) is 0 Å². The van der Waals surface area contributed by atoms with E-state index in [0.29, 0.717) is 19.3 Å². The highest BCUT2D eigenvalue weighted by atomic mass is 16.6. The van der Waals surface area contributed by atoms with E-state index in [0.717, 1.165) is 12.2 Å². The Morgan fingerprint density at radius 2 is 2.07 bits per heavy atom. The molecule has 1 heterocycles. The van der Waals surface area contributed by atoms with Gasteiger partial charge in [0.05, 0.1) is 19.8 Å². The van der Waals surface area contributed by atoms with Gasteiger partial charge in [-0.25, -0.2) is 0 Å². The van der Waals surface area contributed by atoms with Gasteiger partial charge in [0, 0.05) is 0 Å². The van der Waals surface area contributed by atoms with E-state index in [4.69, 9.17) is 9.47 Å². The minimum Gasteiger partial charge on any atom is -0.374 e. The average molecular weight is 206 g/mol. The maximum atomic E-state index is 5.47. The number of rotatable bonds is 5. The van der Waals surface area contributed by atoms with Gasteiger partial charge in [-0.05, 0) is 11.1 Å². The molecule has 15 heavy (non-hydrogen) atoms. The minimum absolute atomic E-state index is 0. The molecular weight excluding hydrogens is 188 g/mol. The average Bonchev–Trinajstić information content (AvgIpc) is 3.03. The third-order valence-electron chi connectivity index (χ3n) is 2.19. The lowest BCUT2D eigenvalue weighted by Gasteiger charge is -2.02. The second-order valence-electron chi connectivity index (χ2n) is 3.42. The summed E-state index contributed by atoms with van der Waals surface area (Å²) in [6, 6.07) is 8.20. The maximum absolute atomic E-state index is 5.47. The Bertz CT molecular complexity index is 299. The van der Waals surface area contributed by atoms with Gasteiger partial charge in [0.2, 0.25) is 0 Å². The van der Waals surface area contributed by atoms with Gasteiger partial charge in [-0.15, -0.1) is 0 Å². The van der Waals surface area contributed by atoms with Crippen LogP contribution in [-0.2, 0) is 16.1 Å². The molecule has 0 saturated carbocycles. The van der Waals surface area contributed by atoms with Crippen molar-refractivity contribution in [3.63, 3.8) is 0 Å². The van der Waals surface area contributed by atoms with Crippen LogP contribution < -0.4 is 0 Å². The first-order valence-corrected chi connectivity index (χ1v) is 4.79. The molecule has 1 unspecified atom stereocenters. The molecule has 0 aromatic heterocycles. The highest BCUT2D eigenvalue weighted by Gasteiger charge is 2.21. The van der Waals surface area contributed by atoms with Crippen LogP contribution in [0.4, 0.5) is 0 Å². The molecule has 0 N–H and O–H groups in total. The zero-order chi connectivity index (χ0) is 9.80. The molecule has 0 amide bonds. The SMILES string of the molecule is C.C=Cc1ccc(COCC2CO2)cc1. The predicted octanol–water partition coefficient (Wildman–Crippen LogP) is 2.88. The van der Waals surface area contributed by atoms with Gasteiger partial charge in [-0.3, -0.25) is 0 Å². The first-order chi connectivity index (χ1) is 6.88. The van der Waals surface area contributed by atoms with Crippen molar-refractivity contribution in [1.82, 2.24) is 0 Å². The zero-order valence-electron chi connectivity index (χ0n) is 8.11. The van der Waals surface area contributed by atoms with Crippen molar-refractivity contribution < 1.29 is 9.47 Å². The molecule has 1 aromatic carbocycles. The van der Waals surface area contributed by atoms with Gasteiger partial charge >= 0.3 is 0 Å². The Kier molecular flexibility index (Phi) is 4.53. The molecule has 1 fully saturated rings. The Morgan fingerprint density at radius 1 is 1.40 bits per heavy atom. The zero-order valence-corrected chi connectivity index (χ0v) is 8.11. The lowest BCUT2D eigenvalue weighted by molar-refractivity contribution is 0.104. The number of hydrogen-bond acceptors (Lipinski definition) is 2. The normalized spacial score (nSPS) is 18.0. The fourth-order valence-electron chi connectivity index (χ4n) is 1.22. The first-order valence-electron chi connectivity index (χ1n) is 4.79. The molecule has 1 aliphatic rings. The lowest BCUT2D eigenvalue weighted by atomic mass is 10.1. The highest BCUT2D eigenvalue weighted by Crippen LogP contribution is 2.11. The van der Waals surface area contributed by atoms with Gasteiger partial charge in [-0.2, -0.15) is 0 Å². The molecule has 0 bridgehead atoms. The first kappa shape index (κ1) is 12.0. The Balaban J connectivity index is 0.00000112. The molecule has 0 aliphatic carbocycles. The molecule has 0 spiro atoms. The molecule has 82 valence electrons. The number of ether oxygens (including phenoxy) is 2. The maximum Gasteiger partial charge on any atom is 0.104 e. The van der Waals surface area contributed by atoms with Gasteiger partial charge in [0.1, 0.15) is 6.10 Å².